The summed E-state index contributed by atoms with van der Waals surface area (Å²) in [4.78, 5) is 13.7. The molecule has 1 heterocycles. The van der Waals surface area contributed by atoms with Gasteiger partial charge < -0.3 is 10.2 Å². The van der Waals surface area contributed by atoms with Gasteiger partial charge in [-0.1, -0.05) is 6.07 Å². The average Bonchev–Trinajstić information content (AvgIpc) is 2.20. The molecule has 0 aliphatic carbocycles. The molecule has 0 aromatic heterocycles. The first-order chi connectivity index (χ1) is 7.88. The summed E-state index contributed by atoms with van der Waals surface area (Å²) in [5.74, 6) is 0.100. The topological polar surface area (TPSA) is 32.3 Å². The van der Waals surface area contributed by atoms with Crippen LogP contribution in [-0.2, 0) is 4.79 Å². The molecule has 3 nitrogen and oxygen atoms in total. The van der Waals surface area contributed by atoms with E-state index in [1.54, 1.807) is 0 Å². The van der Waals surface area contributed by atoms with E-state index < -0.39 is 0 Å². The van der Waals surface area contributed by atoms with E-state index in [0.29, 0.717) is 13.1 Å². The summed E-state index contributed by atoms with van der Waals surface area (Å²) in [5, 5.41) is 2.92. The summed E-state index contributed by atoms with van der Waals surface area (Å²) < 4.78 is 0. The molecule has 1 aromatic rings. The Morgan fingerprint density at radius 3 is 2.35 bits per heavy atom. The van der Waals surface area contributed by atoms with E-state index in [1.807, 2.05) is 0 Å². The highest BCUT2D eigenvalue weighted by Gasteiger charge is 2.33. The van der Waals surface area contributed by atoms with Crippen LogP contribution in [0.1, 0.15) is 25.0 Å². The molecule has 1 saturated heterocycles. The summed E-state index contributed by atoms with van der Waals surface area (Å²) in [5.41, 5.74) is 3.58. The van der Waals surface area contributed by atoms with Crippen LogP contribution in [0, 0.1) is 13.8 Å². The van der Waals surface area contributed by atoms with E-state index in [-0.39, 0.29) is 11.4 Å². The van der Waals surface area contributed by atoms with Crippen molar-refractivity contribution in [2.75, 3.05) is 18.0 Å². The van der Waals surface area contributed by atoms with Crippen molar-refractivity contribution >= 4 is 11.6 Å². The van der Waals surface area contributed by atoms with Crippen LogP contribution >= 0.6 is 0 Å². The van der Waals surface area contributed by atoms with Crippen LogP contribution in [0.25, 0.3) is 0 Å². The first kappa shape index (κ1) is 12.0. The van der Waals surface area contributed by atoms with Crippen molar-refractivity contribution in [2.45, 2.75) is 33.2 Å². The predicted octanol–water partition coefficient (Wildman–Crippen LogP) is 2.02. The number of amides is 1. The SMILES string of the molecule is Cc1cc(C)cc(N2CC(=O)NCC2(C)C)c1. The third-order valence-electron chi connectivity index (χ3n) is 3.27. The van der Waals surface area contributed by atoms with Crippen LogP contribution in [0.3, 0.4) is 0 Å². The van der Waals surface area contributed by atoms with E-state index >= 15 is 0 Å². The number of nitrogens with one attached hydrogen (secondary N) is 1. The molecule has 1 fully saturated rings. The van der Waals surface area contributed by atoms with E-state index in [0.717, 1.165) is 5.69 Å². The van der Waals surface area contributed by atoms with Gasteiger partial charge in [0.2, 0.25) is 5.91 Å². The van der Waals surface area contributed by atoms with Crippen LogP contribution in [0.5, 0.6) is 0 Å². The van der Waals surface area contributed by atoms with Crippen LogP contribution in [0.15, 0.2) is 18.2 Å². The third-order valence-corrected chi connectivity index (χ3v) is 3.27. The van der Waals surface area contributed by atoms with Crippen molar-refractivity contribution in [2.24, 2.45) is 0 Å². The van der Waals surface area contributed by atoms with Gasteiger partial charge >= 0.3 is 0 Å². The van der Waals surface area contributed by atoms with Crippen molar-refractivity contribution in [1.82, 2.24) is 5.32 Å². The van der Waals surface area contributed by atoms with E-state index in [1.165, 1.54) is 11.1 Å². The number of nitrogens with zero attached hydrogens (tertiary/aromatic N) is 1. The lowest BCUT2D eigenvalue weighted by atomic mass is 9.98. The van der Waals surface area contributed by atoms with Crippen molar-refractivity contribution in [1.29, 1.82) is 0 Å². The molecule has 2 rings (SSSR count). The van der Waals surface area contributed by atoms with Gasteiger partial charge in [0.25, 0.3) is 0 Å². The Labute approximate surface area is 103 Å². The minimum absolute atomic E-state index is 0.0336. The average molecular weight is 232 g/mol. The summed E-state index contributed by atoms with van der Waals surface area (Å²) in [7, 11) is 0. The molecule has 0 bridgehead atoms. The van der Waals surface area contributed by atoms with Crippen molar-refractivity contribution in [3.8, 4) is 0 Å². The maximum Gasteiger partial charge on any atom is 0.239 e. The molecule has 1 aliphatic rings. The first-order valence-electron chi connectivity index (χ1n) is 6.01. The lowest BCUT2D eigenvalue weighted by molar-refractivity contribution is -0.121. The van der Waals surface area contributed by atoms with Crippen molar-refractivity contribution in [3.05, 3.63) is 29.3 Å². The first-order valence-corrected chi connectivity index (χ1v) is 6.01. The number of hydrogen-bond acceptors (Lipinski definition) is 2. The van der Waals surface area contributed by atoms with Gasteiger partial charge in [0.05, 0.1) is 12.1 Å². The van der Waals surface area contributed by atoms with Crippen LogP contribution in [-0.4, -0.2) is 24.5 Å². The Kier molecular flexibility index (Phi) is 2.86. The summed E-state index contributed by atoms with van der Waals surface area (Å²) in [6.45, 7) is 9.63. The molecule has 0 saturated carbocycles. The molecule has 1 aliphatic heterocycles. The van der Waals surface area contributed by atoms with E-state index in [9.17, 15) is 4.79 Å². The van der Waals surface area contributed by atoms with Crippen LogP contribution < -0.4 is 10.2 Å². The van der Waals surface area contributed by atoms with Gasteiger partial charge in [-0.25, -0.2) is 0 Å². The van der Waals surface area contributed by atoms with Crippen molar-refractivity contribution in [3.63, 3.8) is 0 Å². The Balaban J connectivity index is 2.39. The normalized spacial score (nSPS) is 19.1. The summed E-state index contributed by atoms with van der Waals surface area (Å²) >= 11 is 0. The minimum atomic E-state index is -0.0336. The van der Waals surface area contributed by atoms with Gasteiger partial charge in [-0.2, -0.15) is 0 Å². The molecule has 1 aromatic carbocycles. The zero-order chi connectivity index (χ0) is 12.6. The van der Waals surface area contributed by atoms with Crippen LogP contribution in [0.2, 0.25) is 0 Å². The Bertz CT molecular complexity index is 431. The number of carbonyl (C=O) groups excluding carboxylic acids is 1. The van der Waals surface area contributed by atoms with E-state index in [2.05, 4.69) is 56.1 Å². The van der Waals surface area contributed by atoms with Gasteiger partial charge in [-0.05, 0) is 51.0 Å². The van der Waals surface area contributed by atoms with E-state index in [4.69, 9.17) is 0 Å². The second kappa shape index (κ2) is 4.06. The molecule has 1 amide bonds. The second-order valence-electron chi connectivity index (χ2n) is 5.52. The van der Waals surface area contributed by atoms with Crippen molar-refractivity contribution < 1.29 is 4.79 Å². The highest BCUT2D eigenvalue weighted by Crippen LogP contribution is 2.27. The third kappa shape index (κ3) is 2.43. The fourth-order valence-corrected chi connectivity index (χ4v) is 2.37. The molecule has 1 N–H and O–H groups in total. The lowest BCUT2D eigenvalue weighted by Gasteiger charge is -2.44. The number of anilines is 1. The molecule has 17 heavy (non-hydrogen) atoms. The maximum absolute atomic E-state index is 11.6. The highest BCUT2D eigenvalue weighted by molar-refractivity contribution is 5.83. The molecule has 0 radical (unpaired) electrons. The molecular formula is C14H20N2O. The molecule has 0 atom stereocenters. The number of hydrogen-bond donors (Lipinski definition) is 1. The molecular weight excluding hydrogens is 212 g/mol. The smallest absolute Gasteiger partial charge is 0.239 e. The molecule has 0 spiro atoms. The van der Waals surface area contributed by atoms with Crippen LogP contribution in [0.4, 0.5) is 5.69 Å². The molecule has 0 unspecified atom stereocenters. The largest absolute Gasteiger partial charge is 0.355 e. The standard InChI is InChI=1S/C14H20N2O/c1-10-5-11(2)7-12(6-10)16-8-13(17)15-9-14(16,3)4/h5-7H,8-9H2,1-4H3,(H,15,17). The minimum Gasteiger partial charge on any atom is -0.355 e. The van der Waals surface area contributed by atoms with Gasteiger partial charge in [0.15, 0.2) is 0 Å². The summed E-state index contributed by atoms with van der Waals surface area (Å²) in [6.07, 6.45) is 0. The molecule has 3 heteroatoms. The van der Waals surface area contributed by atoms with Gasteiger partial charge in [0, 0.05) is 12.2 Å². The quantitative estimate of drug-likeness (QED) is 0.803. The highest BCUT2D eigenvalue weighted by atomic mass is 16.2. The van der Waals surface area contributed by atoms with Gasteiger partial charge in [0.1, 0.15) is 0 Å². The summed E-state index contributed by atoms with van der Waals surface area (Å²) in [6, 6.07) is 6.45. The predicted molar refractivity (Wildman–Crippen MR) is 70.4 cm³/mol. The van der Waals surface area contributed by atoms with Gasteiger partial charge in [-0.15, -0.1) is 0 Å². The number of rotatable bonds is 1. The fourth-order valence-electron chi connectivity index (χ4n) is 2.37. The second-order valence-corrected chi connectivity index (χ2v) is 5.52. The molecule has 92 valence electrons. The Morgan fingerprint density at radius 1 is 1.18 bits per heavy atom. The fraction of sp³-hybridized carbons (Fsp3) is 0.500. The number of benzene rings is 1. The number of carbonyl (C=O) groups is 1. The lowest BCUT2D eigenvalue weighted by Crippen LogP contribution is -2.60. The number of aryl methyl sites for hydroxylation is 2. The Morgan fingerprint density at radius 2 is 1.76 bits per heavy atom. The van der Waals surface area contributed by atoms with Gasteiger partial charge in [-0.3, -0.25) is 4.79 Å². The zero-order valence-corrected chi connectivity index (χ0v) is 11.0. The maximum atomic E-state index is 11.6. The Hall–Kier alpha value is -1.51. The monoisotopic (exact) mass is 232 g/mol. The zero-order valence-electron chi connectivity index (χ0n) is 11.0. The number of piperazine rings is 1.